The molecule has 0 aliphatic rings. The number of anilines is 1. The van der Waals surface area contributed by atoms with Crippen molar-refractivity contribution in [1.29, 1.82) is 0 Å². The van der Waals surface area contributed by atoms with Crippen LogP contribution < -0.4 is 11.5 Å². The van der Waals surface area contributed by atoms with Gasteiger partial charge in [0, 0.05) is 11.7 Å². The van der Waals surface area contributed by atoms with Crippen LogP contribution in [0.15, 0.2) is 54.6 Å². The summed E-state index contributed by atoms with van der Waals surface area (Å²) in [6.07, 6.45) is 0.838. The summed E-state index contributed by atoms with van der Waals surface area (Å²) in [5.74, 6) is 0. The van der Waals surface area contributed by atoms with Crippen molar-refractivity contribution < 1.29 is 0 Å². The highest BCUT2D eigenvalue weighted by molar-refractivity contribution is 5.42. The Morgan fingerprint density at radius 3 is 2.38 bits per heavy atom. The maximum atomic E-state index is 6.14. The van der Waals surface area contributed by atoms with E-state index in [2.05, 4.69) is 12.1 Å². The average molecular weight is 212 g/mol. The Morgan fingerprint density at radius 1 is 0.938 bits per heavy atom. The molecule has 0 aromatic heterocycles. The summed E-state index contributed by atoms with van der Waals surface area (Å²) < 4.78 is 0. The second kappa shape index (κ2) is 4.81. The van der Waals surface area contributed by atoms with E-state index in [1.807, 2.05) is 42.5 Å². The summed E-state index contributed by atoms with van der Waals surface area (Å²) in [7, 11) is 0. The largest absolute Gasteiger partial charge is 0.399 e. The van der Waals surface area contributed by atoms with Crippen LogP contribution in [0.5, 0.6) is 0 Å². The molecule has 4 N–H and O–H groups in total. The van der Waals surface area contributed by atoms with Gasteiger partial charge in [0.15, 0.2) is 0 Å². The van der Waals surface area contributed by atoms with E-state index in [-0.39, 0.29) is 6.04 Å². The van der Waals surface area contributed by atoms with E-state index < -0.39 is 0 Å². The van der Waals surface area contributed by atoms with Crippen LogP contribution in [0.1, 0.15) is 17.2 Å². The van der Waals surface area contributed by atoms with Crippen molar-refractivity contribution in [2.45, 2.75) is 12.5 Å². The van der Waals surface area contributed by atoms with Gasteiger partial charge >= 0.3 is 0 Å². The first-order valence-electron chi connectivity index (χ1n) is 5.40. The third-order valence-electron chi connectivity index (χ3n) is 2.64. The van der Waals surface area contributed by atoms with Crippen LogP contribution in [-0.4, -0.2) is 0 Å². The SMILES string of the molecule is Nc1cccc(C(N)Cc2ccccc2)c1. The molecular weight excluding hydrogens is 196 g/mol. The molecule has 16 heavy (non-hydrogen) atoms. The van der Waals surface area contributed by atoms with E-state index in [1.165, 1.54) is 5.56 Å². The Hall–Kier alpha value is -1.80. The highest BCUT2D eigenvalue weighted by Gasteiger charge is 2.06. The lowest BCUT2D eigenvalue weighted by molar-refractivity contribution is 0.722. The fraction of sp³-hybridized carbons (Fsp3) is 0.143. The molecule has 2 rings (SSSR count). The van der Waals surface area contributed by atoms with Gasteiger partial charge in [0.25, 0.3) is 0 Å². The fourth-order valence-electron chi connectivity index (χ4n) is 1.78. The van der Waals surface area contributed by atoms with Gasteiger partial charge in [-0.25, -0.2) is 0 Å². The predicted molar refractivity (Wildman–Crippen MR) is 67.9 cm³/mol. The van der Waals surface area contributed by atoms with E-state index in [0.29, 0.717) is 0 Å². The number of rotatable bonds is 3. The lowest BCUT2D eigenvalue weighted by Crippen LogP contribution is -2.13. The average Bonchev–Trinajstić information content (AvgIpc) is 2.30. The molecule has 2 heteroatoms. The van der Waals surface area contributed by atoms with Crippen LogP contribution in [0, 0.1) is 0 Å². The summed E-state index contributed by atoms with van der Waals surface area (Å²) in [4.78, 5) is 0. The van der Waals surface area contributed by atoms with Gasteiger partial charge in [0.05, 0.1) is 0 Å². The smallest absolute Gasteiger partial charge is 0.0336 e. The normalized spacial score (nSPS) is 12.3. The van der Waals surface area contributed by atoms with Gasteiger partial charge in [0.2, 0.25) is 0 Å². The highest BCUT2D eigenvalue weighted by atomic mass is 14.6. The molecule has 2 aromatic carbocycles. The molecule has 1 unspecified atom stereocenters. The van der Waals surface area contributed by atoms with Crippen molar-refractivity contribution in [3.05, 3.63) is 65.7 Å². The summed E-state index contributed by atoms with van der Waals surface area (Å²) in [6, 6.07) is 18.0. The minimum Gasteiger partial charge on any atom is -0.399 e. The molecule has 1 atom stereocenters. The van der Waals surface area contributed by atoms with E-state index in [0.717, 1.165) is 17.7 Å². The number of hydrogen-bond donors (Lipinski definition) is 2. The molecule has 0 fully saturated rings. The second-order valence-corrected chi connectivity index (χ2v) is 3.97. The topological polar surface area (TPSA) is 52.0 Å². The Kier molecular flexibility index (Phi) is 3.22. The molecule has 0 heterocycles. The lowest BCUT2D eigenvalue weighted by Gasteiger charge is -2.12. The first-order valence-corrected chi connectivity index (χ1v) is 5.40. The summed E-state index contributed by atoms with van der Waals surface area (Å²) in [5, 5.41) is 0. The Balaban J connectivity index is 2.12. The summed E-state index contributed by atoms with van der Waals surface area (Å²) in [6.45, 7) is 0. The van der Waals surface area contributed by atoms with E-state index in [4.69, 9.17) is 11.5 Å². The zero-order valence-corrected chi connectivity index (χ0v) is 9.14. The molecule has 0 radical (unpaired) electrons. The first kappa shape index (κ1) is 10.7. The number of hydrogen-bond acceptors (Lipinski definition) is 2. The maximum Gasteiger partial charge on any atom is 0.0336 e. The van der Waals surface area contributed by atoms with E-state index in [1.54, 1.807) is 0 Å². The second-order valence-electron chi connectivity index (χ2n) is 3.97. The van der Waals surface area contributed by atoms with Crippen LogP contribution in [0.25, 0.3) is 0 Å². The van der Waals surface area contributed by atoms with Crippen LogP contribution in [0.3, 0.4) is 0 Å². The number of nitrogen functional groups attached to an aromatic ring is 1. The minimum atomic E-state index is 0.00546. The van der Waals surface area contributed by atoms with Gasteiger partial charge in [-0.1, -0.05) is 42.5 Å². The van der Waals surface area contributed by atoms with Gasteiger partial charge in [-0.05, 0) is 29.7 Å². The van der Waals surface area contributed by atoms with Gasteiger partial charge < -0.3 is 11.5 Å². The zero-order valence-electron chi connectivity index (χ0n) is 9.14. The number of nitrogens with two attached hydrogens (primary N) is 2. The number of benzene rings is 2. The molecule has 0 saturated carbocycles. The maximum absolute atomic E-state index is 6.14. The Bertz CT molecular complexity index is 451. The quantitative estimate of drug-likeness (QED) is 0.768. The summed E-state index contributed by atoms with van der Waals surface area (Å²) >= 11 is 0. The van der Waals surface area contributed by atoms with Crippen LogP contribution >= 0.6 is 0 Å². The van der Waals surface area contributed by atoms with Crippen LogP contribution in [-0.2, 0) is 6.42 Å². The van der Waals surface area contributed by atoms with Crippen molar-refractivity contribution in [2.24, 2.45) is 5.73 Å². The standard InChI is InChI=1S/C14H16N2/c15-13-8-4-7-12(10-13)14(16)9-11-5-2-1-3-6-11/h1-8,10,14H,9,15-16H2. The van der Waals surface area contributed by atoms with Crippen molar-refractivity contribution >= 4 is 5.69 Å². The summed E-state index contributed by atoms with van der Waals surface area (Å²) in [5.41, 5.74) is 15.0. The van der Waals surface area contributed by atoms with Gasteiger partial charge in [-0.2, -0.15) is 0 Å². The monoisotopic (exact) mass is 212 g/mol. The zero-order chi connectivity index (χ0) is 11.4. The van der Waals surface area contributed by atoms with Crippen LogP contribution in [0.2, 0.25) is 0 Å². The first-order chi connectivity index (χ1) is 7.75. The van der Waals surface area contributed by atoms with Crippen molar-refractivity contribution in [3.63, 3.8) is 0 Å². The fourth-order valence-corrected chi connectivity index (χ4v) is 1.78. The molecule has 0 spiro atoms. The molecule has 82 valence electrons. The molecule has 0 bridgehead atoms. The predicted octanol–water partition coefficient (Wildman–Crippen LogP) is 2.51. The third kappa shape index (κ3) is 2.61. The Morgan fingerprint density at radius 2 is 1.69 bits per heavy atom. The molecule has 0 aliphatic carbocycles. The molecule has 2 aromatic rings. The van der Waals surface area contributed by atoms with Crippen molar-refractivity contribution in [3.8, 4) is 0 Å². The van der Waals surface area contributed by atoms with Crippen molar-refractivity contribution in [1.82, 2.24) is 0 Å². The van der Waals surface area contributed by atoms with Gasteiger partial charge in [-0.3, -0.25) is 0 Å². The van der Waals surface area contributed by atoms with Crippen molar-refractivity contribution in [2.75, 3.05) is 5.73 Å². The third-order valence-corrected chi connectivity index (χ3v) is 2.64. The molecule has 0 amide bonds. The lowest BCUT2D eigenvalue weighted by atomic mass is 9.99. The van der Waals surface area contributed by atoms with Gasteiger partial charge in [0.1, 0.15) is 0 Å². The molecular formula is C14H16N2. The highest BCUT2D eigenvalue weighted by Crippen LogP contribution is 2.17. The van der Waals surface area contributed by atoms with Gasteiger partial charge in [-0.15, -0.1) is 0 Å². The van der Waals surface area contributed by atoms with E-state index >= 15 is 0 Å². The molecule has 0 aliphatic heterocycles. The van der Waals surface area contributed by atoms with Crippen LogP contribution in [0.4, 0.5) is 5.69 Å². The Labute approximate surface area is 95.9 Å². The molecule has 0 saturated heterocycles. The molecule has 2 nitrogen and oxygen atoms in total. The van der Waals surface area contributed by atoms with E-state index in [9.17, 15) is 0 Å². The minimum absolute atomic E-state index is 0.00546.